The molecule has 0 aliphatic rings. The number of benzene rings is 2. The summed E-state index contributed by atoms with van der Waals surface area (Å²) in [5.41, 5.74) is 1.77. The number of esters is 1. The van der Waals surface area contributed by atoms with Gasteiger partial charge in [-0.3, -0.25) is 4.79 Å². The standard InChI is InChI=1S/C22H23N3O5/c1-3-29-22(27)16-6-4-7-17(14-16)23-19(26)8-5-9-20-24-21(25-30-20)15-10-12-18(28-2)13-11-15/h4,6-7,10-14H,3,5,8-9H2,1-2H3,(H,23,26). The number of rotatable bonds is 9. The van der Waals surface area contributed by atoms with Gasteiger partial charge in [-0.05, 0) is 55.8 Å². The molecule has 0 aliphatic heterocycles. The third kappa shape index (κ3) is 5.66. The van der Waals surface area contributed by atoms with E-state index in [1.165, 1.54) is 0 Å². The second-order valence-electron chi connectivity index (χ2n) is 6.44. The monoisotopic (exact) mass is 409 g/mol. The molecule has 0 radical (unpaired) electrons. The molecule has 8 heteroatoms. The van der Waals surface area contributed by atoms with Crippen molar-refractivity contribution in [1.82, 2.24) is 10.1 Å². The fourth-order valence-corrected chi connectivity index (χ4v) is 2.78. The van der Waals surface area contributed by atoms with Gasteiger partial charge in [-0.2, -0.15) is 4.98 Å². The minimum atomic E-state index is -0.419. The van der Waals surface area contributed by atoms with E-state index in [2.05, 4.69) is 15.5 Å². The molecule has 156 valence electrons. The van der Waals surface area contributed by atoms with E-state index in [-0.39, 0.29) is 12.3 Å². The Morgan fingerprint density at radius 2 is 1.93 bits per heavy atom. The maximum absolute atomic E-state index is 12.2. The minimum Gasteiger partial charge on any atom is -0.497 e. The number of amides is 1. The van der Waals surface area contributed by atoms with Crippen LogP contribution in [0.3, 0.4) is 0 Å². The van der Waals surface area contributed by atoms with E-state index in [0.717, 1.165) is 11.3 Å². The Morgan fingerprint density at radius 1 is 1.13 bits per heavy atom. The predicted molar refractivity (Wildman–Crippen MR) is 110 cm³/mol. The summed E-state index contributed by atoms with van der Waals surface area (Å²) in [4.78, 5) is 28.3. The lowest BCUT2D eigenvalue weighted by atomic mass is 10.2. The van der Waals surface area contributed by atoms with Crippen molar-refractivity contribution in [3.63, 3.8) is 0 Å². The van der Waals surface area contributed by atoms with Crippen LogP contribution in [0, 0.1) is 0 Å². The number of hydrogen-bond donors (Lipinski definition) is 1. The van der Waals surface area contributed by atoms with E-state index in [1.54, 1.807) is 38.3 Å². The molecule has 0 aliphatic carbocycles. The van der Waals surface area contributed by atoms with Crippen LogP contribution in [-0.4, -0.2) is 35.7 Å². The average molecular weight is 409 g/mol. The molecule has 8 nitrogen and oxygen atoms in total. The molecule has 30 heavy (non-hydrogen) atoms. The highest BCUT2D eigenvalue weighted by molar-refractivity contribution is 5.94. The van der Waals surface area contributed by atoms with Crippen LogP contribution >= 0.6 is 0 Å². The number of aryl methyl sites for hydroxylation is 1. The molecule has 0 saturated heterocycles. The number of hydrogen-bond acceptors (Lipinski definition) is 7. The third-order valence-electron chi connectivity index (χ3n) is 4.27. The molecule has 0 unspecified atom stereocenters. The molecule has 0 bridgehead atoms. The summed E-state index contributed by atoms with van der Waals surface area (Å²) in [6, 6.07) is 14.0. The molecule has 0 atom stereocenters. The van der Waals surface area contributed by atoms with Gasteiger partial charge in [-0.25, -0.2) is 4.79 Å². The number of methoxy groups -OCH3 is 1. The first-order valence-electron chi connectivity index (χ1n) is 9.63. The summed E-state index contributed by atoms with van der Waals surface area (Å²) in [7, 11) is 1.61. The van der Waals surface area contributed by atoms with Crippen molar-refractivity contribution in [2.75, 3.05) is 19.0 Å². The summed E-state index contributed by atoms with van der Waals surface area (Å²) in [5, 5.41) is 6.76. The number of nitrogens with one attached hydrogen (secondary N) is 1. The van der Waals surface area contributed by atoms with Crippen LogP contribution in [0.1, 0.15) is 36.0 Å². The van der Waals surface area contributed by atoms with Crippen molar-refractivity contribution >= 4 is 17.6 Å². The fourth-order valence-electron chi connectivity index (χ4n) is 2.78. The largest absolute Gasteiger partial charge is 0.497 e. The number of carbonyl (C=O) groups is 2. The van der Waals surface area contributed by atoms with Gasteiger partial charge < -0.3 is 19.3 Å². The molecule has 1 heterocycles. The lowest BCUT2D eigenvalue weighted by Crippen LogP contribution is -2.12. The molecule has 3 aromatic rings. The minimum absolute atomic E-state index is 0.161. The normalized spacial score (nSPS) is 10.5. The SMILES string of the molecule is CCOC(=O)c1cccc(NC(=O)CCCc2nc(-c3ccc(OC)cc3)no2)c1. The van der Waals surface area contributed by atoms with E-state index >= 15 is 0 Å². The van der Waals surface area contributed by atoms with Crippen LogP contribution in [0.15, 0.2) is 53.1 Å². The van der Waals surface area contributed by atoms with Gasteiger partial charge in [0, 0.05) is 24.1 Å². The van der Waals surface area contributed by atoms with Gasteiger partial charge in [0.1, 0.15) is 5.75 Å². The first kappa shape index (κ1) is 21.0. The average Bonchev–Trinajstić information content (AvgIpc) is 3.23. The van der Waals surface area contributed by atoms with Gasteiger partial charge in [0.2, 0.25) is 17.6 Å². The van der Waals surface area contributed by atoms with Crippen molar-refractivity contribution in [1.29, 1.82) is 0 Å². The quantitative estimate of drug-likeness (QED) is 0.535. The number of nitrogens with zero attached hydrogens (tertiary/aromatic N) is 2. The zero-order valence-corrected chi connectivity index (χ0v) is 16.9. The van der Waals surface area contributed by atoms with E-state index in [4.69, 9.17) is 14.0 Å². The van der Waals surface area contributed by atoms with Crippen molar-refractivity contribution in [3.05, 3.63) is 60.0 Å². The number of carbonyl (C=O) groups excluding carboxylic acids is 2. The molecular formula is C22H23N3O5. The molecule has 2 aromatic carbocycles. The van der Waals surface area contributed by atoms with Crippen molar-refractivity contribution in [2.24, 2.45) is 0 Å². The fraction of sp³-hybridized carbons (Fsp3) is 0.273. The van der Waals surface area contributed by atoms with E-state index in [0.29, 0.717) is 42.4 Å². The molecule has 0 spiro atoms. The summed E-state index contributed by atoms with van der Waals surface area (Å²) in [5.74, 6) is 1.13. The zero-order valence-electron chi connectivity index (χ0n) is 16.9. The number of aromatic nitrogens is 2. The van der Waals surface area contributed by atoms with Crippen LogP contribution in [0.4, 0.5) is 5.69 Å². The third-order valence-corrected chi connectivity index (χ3v) is 4.27. The number of anilines is 1. The molecule has 1 aromatic heterocycles. The van der Waals surface area contributed by atoms with E-state index < -0.39 is 5.97 Å². The van der Waals surface area contributed by atoms with Gasteiger partial charge in [0.25, 0.3) is 0 Å². The van der Waals surface area contributed by atoms with Crippen molar-refractivity contribution in [2.45, 2.75) is 26.2 Å². The number of ether oxygens (including phenoxy) is 2. The maximum atomic E-state index is 12.2. The van der Waals surface area contributed by atoms with Gasteiger partial charge in [0.15, 0.2) is 0 Å². The first-order valence-corrected chi connectivity index (χ1v) is 9.63. The molecule has 0 saturated carbocycles. The summed E-state index contributed by atoms with van der Waals surface area (Å²) < 4.78 is 15.4. The topological polar surface area (TPSA) is 104 Å². The highest BCUT2D eigenvalue weighted by Gasteiger charge is 2.11. The predicted octanol–water partition coefficient (Wildman–Crippen LogP) is 3.88. The lowest BCUT2D eigenvalue weighted by Gasteiger charge is -2.07. The van der Waals surface area contributed by atoms with E-state index in [1.807, 2.05) is 24.3 Å². The van der Waals surface area contributed by atoms with Gasteiger partial charge >= 0.3 is 5.97 Å². The molecule has 1 N–H and O–H groups in total. The Hall–Kier alpha value is -3.68. The lowest BCUT2D eigenvalue weighted by molar-refractivity contribution is -0.116. The van der Waals surface area contributed by atoms with Crippen molar-refractivity contribution < 1.29 is 23.6 Å². The van der Waals surface area contributed by atoms with Crippen LogP contribution in [0.5, 0.6) is 5.75 Å². The zero-order chi connectivity index (χ0) is 21.3. The summed E-state index contributed by atoms with van der Waals surface area (Å²) >= 11 is 0. The second-order valence-corrected chi connectivity index (χ2v) is 6.44. The molecule has 3 rings (SSSR count). The van der Waals surface area contributed by atoms with Crippen molar-refractivity contribution in [3.8, 4) is 17.1 Å². The van der Waals surface area contributed by atoms with Crippen LogP contribution < -0.4 is 10.1 Å². The highest BCUT2D eigenvalue weighted by atomic mass is 16.5. The Morgan fingerprint density at radius 3 is 2.67 bits per heavy atom. The molecule has 0 fully saturated rings. The van der Waals surface area contributed by atoms with Gasteiger partial charge in [0.05, 0.1) is 19.3 Å². The molecular weight excluding hydrogens is 386 g/mol. The Kier molecular flexibility index (Phi) is 7.15. The Labute approximate surface area is 174 Å². The Balaban J connectivity index is 1.48. The van der Waals surface area contributed by atoms with Crippen LogP contribution in [0.2, 0.25) is 0 Å². The Bertz CT molecular complexity index is 998. The van der Waals surface area contributed by atoms with Crippen LogP contribution in [0.25, 0.3) is 11.4 Å². The molecule has 1 amide bonds. The van der Waals surface area contributed by atoms with Gasteiger partial charge in [-0.1, -0.05) is 11.2 Å². The highest BCUT2D eigenvalue weighted by Crippen LogP contribution is 2.20. The summed E-state index contributed by atoms with van der Waals surface area (Å²) in [6.07, 6.45) is 1.32. The first-order chi connectivity index (χ1) is 14.6. The van der Waals surface area contributed by atoms with Crippen LogP contribution in [-0.2, 0) is 16.0 Å². The smallest absolute Gasteiger partial charge is 0.338 e. The maximum Gasteiger partial charge on any atom is 0.338 e. The van der Waals surface area contributed by atoms with E-state index in [9.17, 15) is 9.59 Å². The summed E-state index contributed by atoms with van der Waals surface area (Å²) in [6.45, 7) is 2.04. The van der Waals surface area contributed by atoms with Gasteiger partial charge in [-0.15, -0.1) is 0 Å². The second kappa shape index (κ2) is 10.2.